The lowest BCUT2D eigenvalue weighted by atomic mass is 10.0. The standard InChI is InChI=1S/C17H21NO2S/c1-13-6-7-16(14(11-13)5-3-4-9-19)17(20)18(2)15-8-10-21-12-15/h6-7,11,15,19H,4,8-10,12H2,1-2H3. The number of benzene rings is 1. The Hall–Kier alpha value is -1.44. The number of aryl methyl sites for hydroxylation is 1. The number of carbonyl (C=O) groups is 1. The zero-order valence-corrected chi connectivity index (χ0v) is 13.4. The van der Waals surface area contributed by atoms with Crippen molar-refractivity contribution in [2.75, 3.05) is 25.2 Å². The van der Waals surface area contributed by atoms with Crippen molar-refractivity contribution in [3.05, 3.63) is 34.9 Å². The molecule has 112 valence electrons. The molecule has 21 heavy (non-hydrogen) atoms. The van der Waals surface area contributed by atoms with Gasteiger partial charge in [0.05, 0.1) is 12.2 Å². The van der Waals surface area contributed by atoms with Crippen molar-refractivity contribution in [1.29, 1.82) is 0 Å². The fourth-order valence-electron chi connectivity index (χ4n) is 2.34. The highest BCUT2D eigenvalue weighted by atomic mass is 32.2. The first-order chi connectivity index (χ1) is 10.1. The topological polar surface area (TPSA) is 40.5 Å². The van der Waals surface area contributed by atoms with Gasteiger partial charge in [0, 0.05) is 30.8 Å². The predicted octanol–water partition coefficient (Wildman–Crippen LogP) is 2.31. The molecule has 1 aromatic rings. The monoisotopic (exact) mass is 303 g/mol. The average Bonchev–Trinajstić information content (AvgIpc) is 3.00. The molecule has 3 nitrogen and oxygen atoms in total. The summed E-state index contributed by atoms with van der Waals surface area (Å²) in [7, 11) is 1.88. The van der Waals surface area contributed by atoms with E-state index in [0.29, 0.717) is 18.0 Å². The Bertz CT molecular complexity index is 568. The second-order valence-electron chi connectivity index (χ2n) is 5.26. The first-order valence-electron chi connectivity index (χ1n) is 7.18. The molecule has 1 aliphatic rings. The van der Waals surface area contributed by atoms with Crippen LogP contribution in [0.2, 0.25) is 0 Å². The minimum atomic E-state index is 0.0378. The van der Waals surface area contributed by atoms with Gasteiger partial charge in [-0.2, -0.15) is 11.8 Å². The maximum Gasteiger partial charge on any atom is 0.255 e. The maximum atomic E-state index is 12.7. The quantitative estimate of drug-likeness (QED) is 0.871. The van der Waals surface area contributed by atoms with Crippen LogP contribution >= 0.6 is 11.8 Å². The van der Waals surface area contributed by atoms with Crippen LogP contribution in [0.1, 0.15) is 34.3 Å². The van der Waals surface area contributed by atoms with Crippen LogP contribution in [0.4, 0.5) is 0 Å². The molecule has 4 heteroatoms. The van der Waals surface area contributed by atoms with Crippen LogP contribution in [0.3, 0.4) is 0 Å². The molecule has 1 atom stereocenters. The molecule has 1 amide bonds. The fraction of sp³-hybridized carbons (Fsp3) is 0.471. The van der Waals surface area contributed by atoms with Crippen molar-refractivity contribution in [2.45, 2.75) is 25.8 Å². The number of hydrogen-bond donors (Lipinski definition) is 1. The van der Waals surface area contributed by atoms with Crippen molar-refractivity contribution >= 4 is 17.7 Å². The summed E-state index contributed by atoms with van der Waals surface area (Å²) in [6.07, 6.45) is 1.49. The van der Waals surface area contributed by atoms with Gasteiger partial charge in [-0.15, -0.1) is 0 Å². The number of hydrogen-bond acceptors (Lipinski definition) is 3. The number of aliphatic hydroxyl groups is 1. The normalized spacial score (nSPS) is 17.2. The minimum absolute atomic E-state index is 0.0378. The van der Waals surface area contributed by atoms with Crippen LogP contribution in [0.5, 0.6) is 0 Å². The van der Waals surface area contributed by atoms with E-state index in [0.717, 1.165) is 29.1 Å². The summed E-state index contributed by atoms with van der Waals surface area (Å²) < 4.78 is 0. The molecule has 2 rings (SSSR count). The minimum Gasteiger partial charge on any atom is -0.395 e. The van der Waals surface area contributed by atoms with Gasteiger partial charge in [0.25, 0.3) is 5.91 Å². The largest absolute Gasteiger partial charge is 0.395 e. The van der Waals surface area contributed by atoms with Crippen molar-refractivity contribution in [3.8, 4) is 11.8 Å². The SMILES string of the molecule is Cc1ccc(C(=O)N(C)C2CCSC2)c(C#CCCO)c1. The Morgan fingerprint density at radius 1 is 1.52 bits per heavy atom. The summed E-state index contributed by atoms with van der Waals surface area (Å²) in [6, 6.07) is 6.07. The van der Waals surface area contributed by atoms with Crippen LogP contribution in [0, 0.1) is 18.8 Å². The van der Waals surface area contributed by atoms with Crippen molar-refractivity contribution < 1.29 is 9.90 Å². The molecule has 0 radical (unpaired) electrons. The number of rotatable bonds is 3. The van der Waals surface area contributed by atoms with Crippen molar-refractivity contribution in [2.24, 2.45) is 0 Å². The highest BCUT2D eigenvalue weighted by molar-refractivity contribution is 7.99. The molecule has 0 bridgehead atoms. The van der Waals surface area contributed by atoms with Gasteiger partial charge in [-0.3, -0.25) is 4.79 Å². The molecule has 1 heterocycles. The van der Waals surface area contributed by atoms with Crippen LogP contribution in [0.25, 0.3) is 0 Å². The number of carbonyl (C=O) groups excluding carboxylic acids is 1. The highest BCUT2D eigenvalue weighted by Crippen LogP contribution is 2.23. The maximum absolute atomic E-state index is 12.7. The van der Waals surface area contributed by atoms with Gasteiger partial charge in [0.15, 0.2) is 0 Å². The van der Waals surface area contributed by atoms with E-state index in [1.54, 1.807) is 0 Å². The summed E-state index contributed by atoms with van der Waals surface area (Å²) in [5.74, 6) is 8.10. The Balaban J connectivity index is 2.25. The van der Waals surface area contributed by atoms with Crippen LogP contribution in [-0.4, -0.2) is 47.1 Å². The zero-order chi connectivity index (χ0) is 15.2. The van der Waals surface area contributed by atoms with Crippen molar-refractivity contribution in [3.63, 3.8) is 0 Å². The molecule has 1 saturated heterocycles. The predicted molar refractivity (Wildman–Crippen MR) is 87.6 cm³/mol. The lowest BCUT2D eigenvalue weighted by molar-refractivity contribution is 0.0747. The third-order valence-corrected chi connectivity index (χ3v) is 4.78. The second-order valence-corrected chi connectivity index (χ2v) is 6.41. The molecule has 1 aliphatic heterocycles. The van der Waals surface area contributed by atoms with E-state index in [4.69, 9.17) is 5.11 Å². The summed E-state index contributed by atoms with van der Waals surface area (Å²) in [6.45, 7) is 2.03. The number of thioether (sulfide) groups is 1. The first kappa shape index (κ1) is 15.9. The van der Waals surface area contributed by atoms with E-state index >= 15 is 0 Å². The van der Waals surface area contributed by atoms with E-state index < -0.39 is 0 Å². The Morgan fingerprint density at radius 3 is 3.00 bits per heavy atom. The zero-order valence-electron chi connectivity index (χ0n) is 12.6. The summed E-state index contributed by atoms with van der Waals surface area (Å²) >= 11 is 1.90. The Labute approximate surface area is 130 Å². The van der Waals surface area contributed by atoms with Crippen LogP contribution < -0.4 is 0 Å². The molecule has 0 spiro atoms. The van der Waals surface area contributed by atoms with Gasteiger partial charge in [-0.25, -0.2) is 0 Å². The molecule has 1 aromatic carbocycles. The Morgan fingerprint density at radius 2 is 2.33 bits per heavy atom. The molecule has 0 aliphatic carbocycles. The lowest BCUT2D eigenvalue weighted by Crippen LogP contribution is -2.37. The van der Waals surface area contributed by atoms with Gasteiger partial charge in [0.2, 0.25) is 0 Å². The van der Waals surface area contributed by atoms with E-state index in [2.05, 4.69) is 11.8 Å². The molecule has 0 saturated carbocycles. The van der Waals surface area contributed by atoms with Gasteiger partial charge in [-0.05, 0) is 36.8 Å². The lowest BCUT2D eigenvalue weighted by Gasteiger charge is -2.24. The van der Waals surface area contributed by atoms with Gasteiger partial charge in [-0.1, -0.05) is 17.9 Å². The third-order valence-electron chi connectivity index (χ3n) is 3.64. The molecule has 1 fully saturated rings. The summed E-state index contributed by atoms with van der Waals surface area (Å²) in [4.78, 5) is 14.5. The van der Waals surface area contributed by atoms with Gasteiger partial charge in [0.1, 0.15) is 0 Å². The highest BCUT2D eigenvalue weighted by Gasteiger charge is 2.25. The third kappa shape index (κ3) is 4.03. The van der Waals surface area contributed by atoms with E-state index in [1.807, 2.05) is 48.8 Å². The fourth-order valence-corrected chi connectivity index (χ4v) is 3.61. The number of amides is 1. The van der Waals surface area contributed by atoms with E-state index in [-0.39, 0.29) is 12.5 Å². The molecular weight excluding hydrogens is 282 g/mol. The molecular formula is C17H21NO2S. The average molecular weight is 303 g/mol. The van der Waals surface area contributed by atoms with E-state index in [9.17, 15) is 4.79 Å². The van der Waals surface area contributed by atoms with Crippen LogP contribution in [0.15, 0.2) is 18.2 Å². The van der Waals surface area contributed by atoms with Gasteiger partial charge >= 0.3 is 0 Å². The number of aliphatic hydroxyl groups excluding tert-OH is 1. The number of nitrogens with zero attached hydrogens (tertiary/aromatic N) is 1. The molecule has 0 aromatic heterocycles. The first-order valence-corrected chi connectivity index (χ1v) is 8.34. The molecule has 1 unspecified atom stereocenters. The van der Waals surface area contributed by atoms with E-state index in [1.165, 1.54) is 0 Å². The van der Waals surface area contributed by atoms with Crippen LogP contribution in [-0.2, 0) is 0 Å². The summed E-state index contributed by atoms with van der Waals surface area (Å²) in [5.41, 5.74) is 2.50. The van der Waals surface area contributed by atoms with Gasteiger partial charge < -0.3 is 10.0 Å². The van der Waals surface area contributed by atoms with Crippen molar-refractivity contribution in [1.82, 2.24) is 4.90 Å². The smallest absolute Gasteiger partial charge is 0.255 e. The Kier molecular flexibility index (Phi) is 5.72. The molecule has 1 N–H and O–H groups in total. The second kappa shape index (κ2) is 7.53. The summed E-state index contributed by atoms with van der Waals surface area (Å²) in [5, 5.41) is 8.83.